The number of thiophene rings is 1. The van der Waals surface area contributed by atoms with Crippen LogP contribution in [0.2, 0.25) is 0 Å². The number of hydrogen-bond donors (Lipinski definition) is 1. The Morgan fingerprint density at radius 2 is 2.11 bits per heavy atom. The molecule has 28 heavy (non-hydrogen) atoms. The normalized spacial score (nSPS) is 18.3. The van der Waals surface area contributed by atoms with E-state index in [1.165, 1.54) is 46.2 Å². The average Bonchev–Trinajstić information content (AvgIpc) is 3.20. The van der Waals surface area contributed by atoms with Gasteiger partial charge in [0.15, 0.2) is 0 Å². The standard InChI is InChI=1S/C22H27N3OS2/c1-15-24-13-17(27-15)14-25-11-7-3-4-8-16(25)12-19-18-9-5-6-10-20(18)28-21(19)22(26)23-2/h5-6,9-10,13,16H,3-4,7-8,11-12,14H2,1-2H3,(H,23,26). The highest BCUT2D eigenvalue weighted by atomic mass is 32.1. The molecule has 3 heterocycles. The Kier molecular flexibility index (Phi) is 6.09. The van der Waals surface area contributed by atoms with Crippen LogP contribution >= 0.6 is 22.7 Å². The summed E-state index contributed by atoms with van der Waals surface area (Å²) in [5, 5.41) is 5.21. The van der Waals surface area contributed by atoms with Crippen LogP contribution < -0.4 is 5.32 Å². The van der Waals surface area contributed by atoms with Crippen LogP contribution in [0.25, 0.3) is 10.1 Å². The molecule has 1 unspecified atom stereocenters. The number of nitrogens with zero attached hydrogens (tertiary/aromatic N) is 2. The molecule has 148 valence electrons. The van der Waals surface area contributed by atoms with Gasteiger partial charge in [-0.15, -0.1) is 22.7 Å². The van der Waals surface area contributed by atoms with Gasteiger partial charge in [0, 0.05) is 35.4 Å². The van der Waals surface area contributed by atoms with Gasteiger partial charge >= 0.3 is 0 Å². The van der Waals surface area contributed by atoms with Gasteiger partial charge in [-0.05, 0) is 49.7 Å². The van der Waals surface area contributed by atoms with Crippen molar-refractivity contribution in [1.82, 2.24) is 15.2 Å². The fraction of sp³-hybridized carbons (Fsp3) is 0.455. The van der Waals surface area contributed by atoms with Crippen molar-refractivity contribution in [2.75, 3.05) is 13.6 Å². The van der Waals surface area contributed by atoms with Gasteiger partial charge in [-0.2, -0.15) is 0 Å². The molecule has 0 spiro atoms. The number of fused-ring (bicyclic) bond motifs is 1. The molecule has 1 amide bonds. The van der Waals surface area contributed by atoms with E-state index in [1.54, 1.807) is 29.7 Å². The summed E-state index contributed by atoms with van der Waals surface area (Å²) in [6.07, 6.45) is 7.96. The predicted molar refractivity (Wildman–Crippen MR) is 118 cm³/mol. The van der Waals surface area contributed by atoms with E-state index < -0.39 is 0 Å². The van der Waals surface area contributed by atoms with Crippen molar-refractivity contribution in [2.24, 2.45) is 0 Å². The number of likely N-dealkylation sites (tertiary alicyclic amines) is 1. The number of carbonyl (C=O) groups excluding carboxylic acids is 1. The molecule has 4 rings (SSSR count). The van der Waals surface area contributed by atoms with Crippen molar-refractivity contribution in [3.63, 3.8) is 0 Å². The topological polar surface area (TPSA) is 45.2 Å². The van der Waals surface area contributed by atoms with Gasteiger partial charge in [-0.1, -0.05) is 31.0 Å². The summed E-state index contributed by atoms with van der Waals surface area (Å²) >= 11 is 3.42. The van der Waals surface area contributed by atoms with Crippen molar-refractivity contribution in [3.8, 4) is 0 Å². The Morgan fingerprint density at radius 3 is 2.89 bits per heavy atom. The molecule has 1 aromatic carbocycles. The smallest absolute Gasteiger partial charge is 0.261 e. The molecular formula is C22H27N3OS2. The van der Waals surface area contributed by atoms with Gasteiger partial charge in [-0.25, -0.2) is 4.98 Å². The van der Waals surface area contributed by atoms with Crippen LogP contribution in [0.1, 0.15) is 50.8 Å². The summed E-state index contributed by atoms with van der Waals surface area (Å²) in [5.74, 6) is 0.0365. The van der Waals surface area contributed by atoms with E-state index in [4.69, 9.17) is 0 Å². The number of rotatable bonds is 5. The lowest BCUT2D eigenvalue weighted by Crippen LogP contribution is -2.36. The molecule has 3 aromatic rings. The second-order valence-electron chi connectivity index (χ2n) is 7.51. The molecule has 0 radical (unpaired) electrons. The molecule has 0 aliphatic carbocycles. The number of aromatic nitrogens is 1. The average molecular weight is 414 g/mol. The van der Waals surface area contributed by atoms with E-state index in [0.717, 1.165) is 29.4 Å². The number of amides is 1. The molecule has 1 N–H and O–H groups in total. The van der Waals surface area contributed by atoms with E-state index in [2.05, 4.69) is 46.4 Å². The third-order valence-electron chi connectivity index (χ3n) is 5.60. The van der Waals surface area contributed by atoms with Crippen molar-refractivity contribution in [2.45, 2.75) is 51.6 Å². The van der Waals surface area contributed by atoms with Gasteiger partial charge in [0.25, 0.3) is 5.91 Å². The highest BCUT2D eigenvalue weighted by Crippen LogP contribution is 2.34. The number of nitrogens with one attached hydrogen (secondary N) is 1. The Morgan fingerprint density at radius 1 is 1.25 bits per heavy atom. The third-order valence-corrected chi connectivity index (χ3v) is 7.71. The minimum Gasteiger partial charge on any atom is -0.354 e. The number of carbonyl (C=O) groups is 1. The van der Waals surface area contributed by atoms with Crippen molar-refractivity contribution < 1.29 is 4.79 Å². The number of aryl methyl sites for hydroxylation is 1. The predicted octanol–water partition coefficient (Wildman–Crippen LogP) is 5.01. The SMILES string of the molecule is CNC(=O)c1sc2ccccc2c1CC1CCCCCN1Cc1cnc(C)s1. The Hall–Kier alpha value is -1.76. The first-order valence-electron chi connectivity index (χ1n) is 10.0. The van der Waals surface area contributed by atoms with E-state index in [9.17, 15) is 4.79 Å². The van der Waals surface area contributed by atoms with Gasteiger partial charge in [0.2, 0.25) is 0 Å². The fourth-order valence-electron chi connectivity index (χ4n) is 4.19. The molecule has 2 aromatic heterocycles. The zero-order valence-electron chi connectivity index (χ0n) is 16.5. The maximum atomic E-state index is 12.6. The van der Waals surface area contributed by atoms with Crippen LogP contribution in [0.4, 0.5) is 0 Å². The van der Waals surface area contributed by atoms with Crippen molar-refractivity contribution in [1.29, 1.82) is 0 Å². The second kappa shape index (κ2) is 8.72. The maximum Gasteiger partial charge on any atom is 0.261 e. The molecule has 1 saturated heterocycles. The van der Waals surface area contributed by atoms with Gasteiger partial charge in [0.05, 0.1) is 9.88 Å². The first-order valence-corrected chi connectivity index (χ1v) is 11.7. The second-order valence-corrected chi connectivity index (χ2v) is 9.88. The third kappa shape index (κ3) is 4.14. The summed E-state index contributed by atoms with van der Waals surface area (Å²) < 4.78 is 1.20. The highest BCUT2D eigenvalue weighted by molar-refractivity contribution is 7.21. The minimum absolute atomic E-state index is 0.0365. The summed E-state index contributed by atoms with van der Waals surface area (Å²) in [7, 11) is 1.72. The quantitative estimate of drug-likeness (QED) is 0.639. The first kappa shape index (κ1) is 19.6. The molecule has 0 saturated carbocycles. The number of benzene rings is 1. The molecule has 6 heteroatoms. The lowest BCUT2D eigenvalue weighted by molar-refractivity contribution is 0.0965. The Bertz CT molecular complexity index is 962. The van der Waals surface area contributed by atoms with Crippen LogP contribution in [-0.4, -0.2) is 35.4 Å². The monoisotopic (exact) mass is 413 g/mol. The zero-order valence-corrected chi connectivity index (χ0v) is 18.2. The summed E-state index contributed by atoms with van der Waals surface area (Å²) in [5.41, 5.74) is 1.22. The number of hydrogen-bond acceptors (Lipinski definition) is 5. The van der Waals surface area contributed by atoms with Crippen LogP contribution in [0, 0.1) is 6.92 Å². The van der Waals surface area contributed by atoms with Crippen LogP contribution in [-0.2, 0) is 13.0 Å². The van der Waals surface area contributed by atoms with E-state index >= 15 is 0 Å². The Labute approximate surface area is 174 Å². The van der Waals surface area contributed by atoms with Crippen molar-refractivity contribution in [3.05, 3.63) is 50.8 Å². The number of thiazole rings is 1. The molecule has 4 nitrogen and oxygen atoms in total. The van der Waals surface area contributed by atoms with Crippen LogP contribution in [0.15, 0.2) is 30.5 Å². The molecule has 1 fully saturated rings. The lowest BCUT2D eigenvalue weighted by atomic mass is 9.98. The fourth-order valence-corrected chi connectivity index (χ4v) is 6.19. The summed E-state index contributed by atoms with van der Waals surface area (Å²) in [6.45, 7) is 4.16. The van der Waals surface area contributed by atoms with Gasteiger partial charge in [-0.3, -0.25) is 9.69 Å². The van der Waals surface area contributed by atoms with Crippen LogP contribution in [0.3, 0.4) is 0 Å². The first-order chi connectivity index (χ1) is 13.7. The maximum absolute atomic E-state index is 12.6. The summed E-state index contributed by atoms with van der Waals surface area (Å²) in [6, 6.07) is 8.89. The lowest BCUT2D eigenvalue weighted by Gasteiger charge is -2.29. The zero-order chi connectivity index (χ0) is 19.5. The minimum atomic E-state index is 0.0365. The van der Waals surface area contributed by atoms with Crippen molar-refractivity contribution >= 4 is 38.7 Å². The highest BCUT2D eigenvalue weighted by Gasteiger charge is 2.26. The van der Waals surface area contributed by atoms with E-state index in [1.807, 2.05) is 6.20 Å². The molecule has 0 bridgehead atoms. The Balaban J connectivity index is 1.65. The van der Waals surface area contributed by atoms with Gasteiger partial charge < -0.3 is 5.32 Å². The molecule has 1 aliphatic heterocycles. The molecule has 1 aliphatic rings. The van der Waals surface area contributed by atoms with Gasteiger partial charge in [0.1, 0.15) is 0 Å². The molecular weight excluding hydrogens is 386 g/mol. The molecule has 1 atom stereocenters. The van der Waals surface area contributed by atoms with E-state index in [-0.39, 0.29) is 5.91 Å². The van der Waals surface area contributed by atoms with E-state index in [0.29, 0.717) is 6.04 Å². The van der Waals surface area contributed by atoms with Crippen LogP contribution in [0.5, 0.6) is 0 Å². The summed E-state index contributed by atoms with van der Waals surface area (Å²) in [4.78, 5) is 21.8. The largest absolute Gasteiger partial charge is 0.354 e.